The number of hydrogen-bond donors (Lipinski definition) is 1. The molecule has 0 saturated heterocycles. The Bertz CT molecular complexity index is 385. The van der Waals surface area contributed by atoms with Crippen LogP contribution in [0.25, 0.3) is 0 Å². The molecule has 5 heteroatoms. The molecule has 0 spiro atoms. The van der Waals surface area contributed by atoms with Crippen molar-refractivity contribution in [3.05, 3.63) is 11.3 Å². The van der Waals surface area contributed by atoms with Crippen LogP contribution in [0.1, 0.15) is 37.9 Å². The first kappa shape index (κ1) is 16.0. The highest BCUT2D eigenvalue weighted by atomic mass is 16.5. The summed E-state index contributed by atoms with van der Waals surface area (Å²) in [4.78, 5) is 2.45. The largest absolute Gasteiger partial charge is 0.384 e. The van der Waals surface area contributed by atoms with Gasteiger partial charge in [0.15, 0.2) is 0 Å². The van der Waals surface area contributed by atoms with Crippen LogP contribution >= 0.6 is 0 Å². The van der Waals surface area contributed by atoms with Gasteiger partial charge in [0.1, 0.15) is 5.82 Å². The summed E-state index contributed by atoms with van der Waals surface area (Å²) in [6.07, 6.45) is 2.28. The smallest absolute Gasteiger partial charge is 0.126 e. The first-order valence-corrected chi connectivity index (χ1v) is 7.05. The van der Waals surface area contributed by atoms with Gasteiger partial charge in [0.25, 0.3) is 0 Å². The Labute approximate surface area is 116 Å². The number of aromatic nitrogens is 2. The number of nitrogens with two attached hydrogens (primary N) is 1. The lowest BCUT2D eigenvalue weighted by atomic mass is 10.1. The second kappa shape index (κ2) is 7.50. The van der Waals surface area contributed by atoms with E-state index in [-0.39, 0.29) is 0 Å². The molecule has 0 fully saturated rings. The molecule has 2 N–H and O–H groups in total. The predicted octanol–water partition coefficient (Wildman–Crippen LogP) is 1.95. The quantitative estimate of drug-likeness (QED) is 0.783. The van der Waals surface area contributed by atoms with Crippen molar-refractivity contribution in [3.8, 4) is 0 Å². The number of hydrogen-bond acceptors (Lipinski definition) is 4. The predicted molar refractivity (Wildman–Crippen MR) is 79.0 cm³/mol. The van der Waals surface area contributed by atoms with Crippen molar-refractivity contribution in [1.82, 2.24) is 14.7 Å². The summed E-state index contributed by atoms with van der Waals surface area (Å²) in [6, 6.07) is 0.564. The third-order valence-corrected chi connectivity index (χ3v) is 3.80. The Kier molecular flexibility index (Phi) is 6.31. The van der Waals surface area contributed by atoms with Crippen LogP contribution in [0.3, 0.4) is 0 Å². The normalized spacial score (nSPS) is 11.7. The molecule has 0 atom stereocenters. The minimum absolute atomic E-state index is 0.564. The second-order valence-corrected chi connectivity index (χ2v) is 5.01. The first-order chi connectivity index (χ1) is 9.04. The maximum Gasteiger partial charge on any atom is 0.126 e. The number of methoxy groups -OCH3 is 1. The SMILES string of the molecule is CCC(CC)N(CCOC)Cc1c(C)nn(C)c1N. The van der Waals surface area contributed by atoms with Crippen LogP contribution in [0.5, 0.6) is 0 Å². The fourth-order valence-corrected chi connectivity index (χ4v) is 2.52. The lowest BCUT2D eigenvalue weighted by molar-refractivity contribution is 0.110. The standard InChI is InChI=1S/C14H28N4O/c1-6-12(7-2)18(8-9-19-5)10-13-11(3)16-17(4)14(13)15/h12H,6-10,15H2,1-5H3. The molecule has 1 aromatic rings. The van der Waals surface area contributed by atoms with E-state index in [0.29, 0.717) is 6.04 Å². The average molecular weight is 268 g/mol. The van der Waals surface area contributed by atoms with E-state index < -0.39 is 0 Å². The summed E-state index contributed by atoms with van der Waals surface area (Å²) in [5.74, 6) is 0.769. The van der Waals surface area contributed by atoms with Crippen molar-refractivity contribution in [2.45, 2.75) is 46.2 Å². The third kappa shape index (κ3) is 3.94. The van der Waals surface area contributed by atoms with Crippen molar-refractivity contribution in [2.75, 3.05) is 26.0 Å². The van der Waals surface area contributed by atoms with Gasteiger partial charge in [-0.1, -0.05) is 13.8 Å². The second-order valence-electron chi connectivity index (χ2n) is 5.01. The van der Waals surface area contributed by atoms with Crippen molar-refractivity contribution in [1.29, 1.82) is 0 Å². The monoisotopic (exact) mass is 268 g/mol. The van der Waals surface area contributed by atoms with E-state index in [9.17, 15) is 0 Å². The molecule has 0 aliphatic rings. The Morgan fingerprint density at radius 2 is 2.00 bits per heavy atom. The Hall–Kier alpha value is -1.07. The zero-order chi connectivity index (χ0) is 14.4. The van der Waals surface area contributed by atoms with Crippen LogP contribution in [-0.2, 0) is 18.3 Å². The molecular weight excluding hydrogens is 240 g/mol. The number of nitrogens with zero attached hydrogens (tertiary/aromatic N) is 3. The molecule has 1 heterocycles. The molecule has 0 amide bonds. The van der Waals surface area contributed by atoms with E-state index in [1.807, 2.05) is 14.0 Å². The molecule has 19 heavy (non-hydrogen) atoms. The number of aryl methyl sites for hydroxylation is 2. The van der Waals surface area contributed by atoms with Crippen molar-refractivity contribution in [2.24, 2.45) is 7.05 Å². The summed E-state index contributed by atoms with van der Waals surface area (Å²) < 4.78 is 6.98. The van der Waals surface area contributed by atoms with Crippen molar-refractivity contribution >= 4 is 5.82 Å². The van der Waals surface area contributed by atoms with Gasteiger partial charge in [-0.3, -0.25) is 9.58 Å². The fraction of sp³-hybridized carbons (Fsp3) is 0.786. The minimum Gasteiger partial charge on any atom is -0.384 e. The van der Waals surface area contributed by atoms with Gasteiger partial charge >= 0.3 is 0 Å². The van der Waals surface area contributed by atoms with Crippen LogP contribution in [-0.4, -0.2) is 41.0 Å². The molecule has 0 saturated carbocycles. The lowest BCUT2D eigenvalue weighted by Gasteiger charge is -2.30. The number of anilines is 1. The average Bonchev–Trinajstić information content (AvgIpc) is 2.63. The van der Waals surface area contributed by atoms with Crippen molar-refractivity contribution < 1.29 is 4.74 Å². The number of nitrogen functional groups attached to an aromatic ring is 1. The van der Waals surface area contributed by atoms with Crippen LogP contribution in [0.15, 0.2) is 0 Å². The fourth-order valence-electron chi connectivity index (χ4n) is 2.52. The van der Waals surface area contributed by atoms with Gasteiger partial charge in [-0.15, -0.1) is 0 Å². The van der Waals surface area contributed by atoms with Gasteiger partial charge in [0, 0.05) is 38.9 Å². The van der Waals surface area contributed by atoms with Gasteiger partial charge < -0.3 is 10.5 Å². The van der Waals surface area contributed by atoms with Crippen LogP contribution in [0.4, 0.5) is 5.82 Å². The molecule has 0 unspecified atom stereocenters. The number of ether oxygens (including phenoxy) is 1. The van der Waals surface area contributed by atoms with E-state index >= 15 is 0 Å². The molecule has 0 bridgehead atoms. The summed E-state index contributed by atoms with van der Waals surface area (Å²) in [6.45, 7) is 9.00. The van der Waals surface area contributed by atoms with Crippen LogP contribution < -0.4 is 5.73 Å². The lowest BCUT2D eigenvalue weighted by Crippen LogP contribution is -2.36. The summed E-state index contributed by atoms with van der Waals surface area (Å²) in [7, 11) is 3.64. The zero-order valence-corrected chi connectivity index (χ0v) is 12.9. The highest BCUT2D eigenvalue weighted by Gasteiger charge is 2.19. The Balaban J connectivity index is 2.86. The molecule has 5 nitrogen and oxygen atoms in total. The minimum atomic E-state index is 0.564. The van der Waals surface area contributed by atoms with Gasteiger partial charge in [0.05, 0.1) is 12.3 Å². The van der Waals surface area contributed by atoms with E-state index in [2.05, 4.69) is 23.8 Å². The highest BCUT2D eigenvalue weighted by Crippen LogP contribution is 2.20. The van der Waals surface area contributed by atoms with E-state index in [4.69, 9.17) is 10.5 Å². The molecule has 0 aliphatic heterocycles. The summed E-state index contributed by atoms with van der Waals surface area (Å²) in [5, 5.41) is 4.39. The van der Waals surface area contributed by atoms with Gasteiger partial charge in [-0.2, -0.15) is 5.10 Å². The molecule has 0 aromatic carbocycles. The van der Waals surface area contributed by atoms with Crippen LogP contribution in [0.2, 0.25) is 0 Å². The third-order valence-electron chi connectivity index (χ3n) is 3.80. The molecule has 1 rings (SSSR count). The zero-order valence-electron chi connectivity index (χ0n) is 12.9. The Morgan fingerprint density at radius 1 is 1.37 bits per heavy atom. The maximum absolute atomic E-state index is 6.11. The maximum atomic E-state index is 6.11. The molecule has 110 valence electrons. The number of rotatable bonds is 8. The molecule has 0 aliphatic carbocycles. The first-order valence-electron chi connectivity index (χ1n) is 7.05. The molecule has 0 radical (unpaired) electrons. The van der Waals surface area contributed by atoms with Gasteiger partial charge in [0.2, 0.25) is 0 Å². The highest BCUT2D eigenvalue weighted by molar-refractivity contribution is 5.42. The summed E-state index contributed by atoms with van der Waals surface area (Å²) in [5.41, 5.74) is 8.27. The molecule has 1 aromatic heterocycles. The van der Waals surface area contributed by atoms with E-state index in [0.717, 1.165) is 49.6 Å². The van der Waals surface area contributed by atoms with Crippen LogP contribution in [0, 0.1) is 6.92 Å². The topological polar surface area (TPSA) is 56.3 Å². The Morgan fingerprint density at radius 3 is 2.42 bits per heavy atom. The molecular formula is C14H28N4O. The van der Waals surface area contributed by atoms with Gasteiger partial charge in [-0.25, -0.2) is 0 Å². The van der Waals surface area contributed by atoms with E-state index in [1.54, 1.807) is 11.8 Å². The summed E-state index contributed by atoms with van der Waals surface area (Å²) >= 11 is 0. The van der Waals surface area contributed by atoms with Gasteiger partial charge in [-0.05, 0) is 19.8 Å². The van der Waals surface area contributed by atoms with Crippen molar-refractivity contribution in [3.63, 3.8) is 0 Å². The van der Waals surface area contributed by atoms with E-state index in [1.165, 1.54) is 0 Å².